The molecule has 8 heteroatoms. The number of amides is 2. The van der Waals surface area contributed by atoms with E-state index >= 15 is 0 Å². The van der Waals surface area contributed by atoms with Gasteiger partial charge in [-0.1, -0.05) is 6.07 Å². The summed E-state index contributed by atoms with van der Waals surface area (Å²) in [4.78, 5) is 36.1. The lowest BCUT2D eigenvalue weighted by Gasteiger charge is -2.31. The number of rotatable bonds is 4. The molecule has 0 saturated carbocycles. The number of carboxylic acid groups (broad SMARTS) is 1. The summed E-state index contributed by atoms with van der Waals surface area (Å²) in [6.07, 6.45) is -0.479. The van der Waals surface area contributed by atoms with E-state index in [0.29, 0.717) is 30.2 Å². The summed E-state index contributed by atoms with van der Waals surface area (Å²) in [5.74, 6) is -0.988. The summed E-state index contributed by atoms with van der Waals surface area (Å²) < 4.78 is 11.0. The van der Waals surface area contributed by atoms with Gasteiger partial charge in [-0.2, -0.15) is 0 Å². The zero-order valence-corrected chi connectivity index (χ0v) is 14.5. The SMILES string of the molecule is CC(C)(C)OC(=O)N1CCOc2ccc(CC(=O)NCC(=O)O)cc21. The van der Waals surface area contributed by atoms with Crippen LogP contribution >= 0.6 is 0 Å². The van der Waals surface area contributed by atoms with Crippen LogP contribution < -0.4 is 15.0 Å². The Bertz CT molecular complexity index is 680. The van der Waals surface area contributed by atoms with Crippen molar-refractivity contribution in [1.29, 1.82) is 0 Å². The van der Waals surface area contributed by atoms with Gasteiger partial charge in [0.25, 0.3) is 0 Å². The summed E-state index contributed by atoms with van der Waals surface area (Å²) in [5, 5.41) is 10.9. The number of nitrogens with one attached hydrogen (secondary N) is 1. The summed E-state index contributed by atoms with van der Waals surface area (Å²) in [6.45, 7) is 5.62. The fraction of sp³-hybridized carbons (Fsp3) is 0.471. The molecule has 0 spiro atoms. The van der Waals surface area contributed by atoms with Gasteiger partial charge >= 0.3 is 12.1 Å². The molecule has 136 valence electrons. The minimum absolute atomic E-state index is 0.00270. The highest BCUT2D eigenvalue weighted by Gasteiger charge is 2.28. The fourth-order valence-electron chi connectivity index (χ4n) is 2.30. The maximum atomic E-state index is 12.4. The van der Waals surface area contributed by atoms with Gasteiger partial charge in [0.05, 0.1) is 18.7 Å². The van der Waals surface area contributed by atoms with Crippen molar-refractivity contribution >= 4 is 23.7 Å². The Labute approximate surface area is 145 Å². The Hall–Kier alpha value is -2.77. The van der Waals surface area contributed by atoms with Crippen LogP contribution in [0.2, 0.25) is 0 Å². The number of fused-ring (bicyclic) bond motifs is 1. The first-order chi connectivity index (χ1) is 11.7. The smallest absolute Gasteiger partial charge is 0.415 e. The average Bonchev–Trinajstić information content (AvgIpc) is 2.50. The van der Waals surface area contributed by atoms with Gasteiger partial charge in [0.2, 0.25) is 5.91 Å². The first kappa shape index (κ1) is 18.6. The molecule has 0 bridgehead atoms. The van der Waals surface area contributed by atoms with E-state index in [1.807, 2.05) is 0 Å². The van der Waals surface area contributed by atoms with Gasteiger partial charge in [0.1, 0.15) is 24.5 Å². The van der Waals surface area contributed by atoms with Crippen LogP contribution in [0.4, 0.5) is 10.5 Å². The van der Waals surface area contributed by atoms with E-state index in [4.69, 9.17) is 14.6 Å². The molecule has 1 aliphatic heterocycles. The highest BCUT2D eigenvalue weighted by Crippen LogP contribution is 2.33. The molecule has 0 unspecified atom stereocenters. The van der Waals surface area contributed by atoms with Crippen LogP contribution in [-0.2, 0) is 20.7 Å². The number of carbonyl (C=O) groups is 3. The molecule has 8 nitrogen and oxygen atoms in total. The number of hydrogen-bond donors (Lipinski definition) is 2. The Morgan fingerprint density at radius 2 is 2.04 bits per heavy atom. The van der Waals surface area contributed by atoms with E-state index in [0.717, 1.165) is 0 Å². The Morgan fingerprint density at radius 1 is 1.32 bits per heavy atom. The van der Waals surface area contributed by atoms with E-state index in [1.165, 1.54) is 4.90 Å². The number of benzene rings is 1. The second-order valence-electron chi connectivity index (χ2n) is 6.63. The number of ether oxygens (including phenoxy) is 2. The molecule has 0 aliphatic carbocycles. The van der Waals surface area contributed by atoms with E-state index in [-0.39, 0.29) is 6.42 Å². The third kappa shape index (κ3) is 5.37. The van der Waals surface area contributed by atoms with E-state index in [9.17, 15) is 14.4 Å². The molecular weight excluding hydrogens is 328 g/mol. The fourth-order valence-corrected chi connectivity index (χ4v) is 2.30. The van der Waals surface area contributed by atoms with Crippen LogP contribution in [0.1, 0.15) is 26.3 Å². The zero-order valence-electron chi connectivity index (χ0n) is 14.5. The van der Waals surface area contributed by atoms with Crippen molar-refractivity contribution in [3.63, 3.8) is 0 Å². The molecule has 0 aromatic heterocycles. The quantitative estimate of drug-likeness (QED) is 0.854. The largest absolute Gasteiger partial charge is 0.490 e. The van der Waals surface area contributed by atoms with Crippen molar-refractivity contribution in [2.45, 2.75) is 32.8 Å². The van der Waals surface area contributed by atoms with Gasteiger partial charge in [-0.25, -0.2) is 4.79 Å². The first-order valence-electron chi connectivity index (χ1n) is 7.90. The number of carboxylic acids is 1. The molecule has 25 heavy (non-hydrogen) atoms. The number of aliphatic carboxylic acids is 1. The maximum absolute atomic E-state index is 12.4. The van der Waals surface area contributed by atoms with Crippen molar-refractivity contribution in [3.8, 4) is 5.75 Å². The lowest BCUT2D eigenvalue weighted by Crippen LogP contribution is -2.41. The molecule has 0 saturated heterocycles. The molecule has 2 amide bonds. The molecular formula is C17H22N2O6. The van der Waals surface area contributed by atoms with Crippen LogP contribution in [0.15, 0.2) is 18.2 Å². The van der Waals surface area contributed by atoms with Crippen molar-refractivity contribution in [3.05, 3.63) is 23.8 Å². The molecule has 1 aromatic rings. The number of carbonyl (C=O) groups excluding carboxylic acids is 2. The summed E-state index contributed by atoms with van der Waals surface area (Å²) >= 11 is 0. The lowest BCUT2D eigenvalue weighted by atomic mass is 10.1. The Balaban J connectivity index is 2.15. The third-order valence-corrected chi connectivity index (χ3v) is 3.30. The molecule has 0 atom stereocenters. The number of hydrogen-bond acceptors (Lipinski definition) is 5. The predicted octanol–water partition coefficient (Wildman–Crippen LogP) is 1.56. The summed E-state index contributed by atoms with van der Waals surface area (Å²) in [5.41, 5.74) is 0.550. The standard InChI is InChI=1S/C17H22N2O6/c1-17(2,3)25-16(23)19-6-7-24-13-5-4-11(8-12(13)19)9-14(20)18-10-15(21)22/h4-5,8H,6-7,9-10H2,1-3H3,(H,18,20)(H,21,22). The second-order valence-corrected chi connectivity index (χ2v) is 6.63. The van der Waals surface area contributed by atoms with Crippen LogP contribution in [-0.4, -0.2) is 48.4 Å². The molecule has 0 radical (unpaired) electrons. The van der Waals surface area contributed by atoms with E-state index < -0.39 is 30.1 Å². The van der Waals surface area contributed by atoms with E-state index in [1.54, 1.807) is 39.0 Å². The third-order valence-electron chi connectivity index (χ3n) is 3.30. The minimum Gasteiger partial charge on any atom is -0.490 e. The first-order valence-corrected chi connectivity index (χ1v) is 7.90. The highest BCUT2D eigenvalue weighted by molar-refractivity contribution is 5.91. The van der Waals surface area contributed by atoms with Gasteiger partial charge in [-0.3, -0.25) is 14.5 Å². The van der Waals surface area contributed by atoms with Crippen molar-refractivity contribution < 1.29 is 29.0 Å². The van der Waals surface area contributed by atoms with Crippen LogP contribution in [0.5, 0.6) is 5.75 Å². The second kappa shape index (κ2) is 7.42. The van der Waals surface area contributed by atoms with Gasteiger partial charge in [0, 0.05) is 0 Å². The van der Waals surface area contributed by atoms with Crippen LogP contribution in [0.25, 0.3) is 0 Å². The number of anilines is 1. The molecule has 2 N–H and O–H groups in total. The average molecular weight is 350 g/mol. The molecule has 2 rings (SSSR count). The topological polar surface area (TPSA) is 105 Å². The molecule has 1 aliphatic rings. The van der Waals surface area contributed by atoms with Gasteiger partial charge < -0.3 is 19.9 Å². The molecule has 0 fully saturated rings. The minimum atomic E-state index is -1.11. The Kier molecular flexibility index (Phi) is 5.51. The number of nitrogens with zero attached hydrogens (tertiary/aromatic N) is 1. The van der Waals surface area contributed by atoms with E-state index in [2.05, 4.69) is 5.32 Å². The maximum Gasteiger partial charge on any atom is 0.415 e. The molecule has 1 aromatic carbocycles. The van der Waals surface area contributed by atoms with Gasteiger partial charge in [-0.05, 0) is 38.5 Å². The monoisotopic (exact) mass is 350 g/mol. The van der Waals surface area contributed by atoms with Crippen LogP contribution in [0.3, 0.4) is 0 Å². The van der Waals surface area contributed by atoms with Crippen molar-refractivity contribution in [1.82, 2.24) is 5.32 Å². The highest BCUT2D eigenvalue weighted by atomic mass is 16.6. The van der Waals surface area contributed by atoms with Crippen molar-refractivity contribution in [2.75, 3.05) is 24.6 Å². The van der Waals surface area contributed by atoms with Crippen LogP contribution in [0, 0.1) is 0 Å². The van der Waals surface area contributed by atoms with Gasteiger partial charge in [-0.15, -0.1) is 0 Å². The summed E-state index contributed by atoms with van der Waals surface area (Å²) in [6, 6.07) is 5.07. The Morgan fingerprint density at radius 3 is 2.68 bits per heavy atom. The predicted molar refractivity (Wildman–Crippen MR) is 89.9 cm³/mol. The summed E-state index contributed by atoms with van der Waals surface area (Å²) in [7, 11) is 0. The van der Waals surface area contributed by atoms with Crippen molar-refractivity contribution in [2.24, 2.45) is 0 Å². The van der Waals surface area contributed by atoms with Gasteiger partial charge in [0.15, 0.2) is 0 Å². The normalized spacial score (nSPS) is 13.5. The zero-order chi connectivity index (χ0) is 18.6. The molecule has 1 heterocycles. The lowest BCUT2D eigenvalue weighted by molar-refractivity contribution is -0.137.